The molecule has 7 heteroatoms. The second kappa shape index (κ2) is 10.7. The molecule has 1 aliphatic rings. The molecule has 4 rings (SSSR count). The van der Waals surface area contributed by atoms with Gasteiger partial charge < -0.3 is 14.5 Å². The van der Waals surface area contributed by atoms with Crippen molar-refractivity contribution in [2.45, 2.75) is 58.0 Å². The van der Waals surface area contributed by atoms with E-state index in [0.29, 0.717) is 29.6 Å². The number of rotatable bonds is 9. The molecule has 0 bridgehead atoms. The lowest BCUT2D eigenvalue weighted by Gasteiger charge is -2.32. The SMILES string of the molecule is CCOc1ccccc1N(C(=O)Cc1cccs1)[C@H](C(=O)NC1CCCC1)c1ccc(C)o1. The van der Waals surface area contributed by atoms with Crippen molar-refractivity contribution in [3.63, 3.8) is 0 Å². The highest BCUT2D eigenvalue weighted by Gasteiger charge is 2.37. The van der Waals surface area contributed by atoms with Crippen LogP contribution in [0.5, 0.6) is 5.75 Å². The van der Waals surface area contributed by atoms with Gasteiger partial charge in [-0.2, -0.15) is 0 Å². The van der Waals surface area contributed by atoms with Gasteiger partial charge in [0.2, 0.25) is 5.91 Å². The van der Waals surface area contributed by atoms with Crippen LogP contribution in [0.4, 0.5) is 5.69 Å². The summed E-state index contributed by atoms with van der Waals surface area (Å²) in [6.07, 6.45) is 4.29. The number of nitrogens with zero attached hydrogens (tertiary/aromatic N) is 1. The first-order chi connectivity index (χ1) is 16.1. The average molecular weight is 467 g/mol. The molecule has 1 N–H and O–H groups in total. The molecule has 1 saturated carbocycles. The second-order valence-corrected chi connectivity index (χ2v) is 9.29. The van der Waals surface area contributed by atoms with Crippen LogP contribution in [0, 0.1) is 6.92 Å². The number of para-hydroxylation sites is 2. The Balaban J connectivity index is 1.78. The third-order valence-corrected chi connectivity index (χ3v) is 6.71. The summed E-state index contributed by atoms with van der Waals surface area (Å²) in [6, 6.07) is 14.0. The lowest BCUT2D eigenvalue weighted by Crippen LogP contribution is -2.46. The molecule has 1 atom stereocenters. The number of benzene rings is 1. The van der Waals surface area contributed by atoms with E-state index in [1.54, 1.807) is 11.0 Å². The van der Waals surface area contributed by atoms with Crippen LogP contribution in [0.25, 0.3) is 0 Å². The van der Waals surface area contributed by atoms with E-state index in [-0.39, 0.29) is 24.3 Å². The fourth-order valence-electron chi connectivity index (χ4n) is 4.32. The van der Waals surface area contributed by atoms with Gasteiger partial charge in [0, 0.05) is 10.9 Å². The maximum atomic E-state index is 13.8. The molecule has 0 aliphatic heterocycles. The first-order valence-electron chi connectivity index (χ1n) is 11.5. The van der Waals surface area contributed by atoms with E-state index in [0.717, 1.165) is 30.6 Å². The summed E-state index contributed by atoms with van der Waals surface area (Å²) in [4.78, 5) is 30.0. The Labute approximate surface area is 198 Å². The lowest BCUT2D eigenvalue weighted by atomic mass is 10.1. The van der Waals surface area contributed by atoms with Crippen LogP contribution in [0.2, 0.25) is 0 Å². The van der Waals surface area contributed by atoms with E-state index in [1.165, 1.54) is 11.3 Å². The van der Waals surface area contributed by atoms with Gasteiger partial charge in [-0.3, -0.25) is 14.5 Å². The van der Waals surface area contributed by atoms with Crippen LogP contribution in [0.15, 0.2) is 58.3 Å². The zero-order valence-electron chi connectivity index (χ0n) is 19.1. The third kappa shape index (κ3) is 5.47. The standard InChI is InChI=1S/C26H30N2O4S/c1-3-31-22-13-7-6-12-21(22)28(24(29)17-20-11-8-16-33-20)25(23-15-14-18(2)32-23)26(30)27-19-9-4-5-10-19/h6-8,11-16,19,25H,3-5,9-10,17H2,1-2H3,(H,27,30)/t25-/m0/s1. The number of thiophene rings is 1. The van der Waals surface area contributed by atoms with Crippen molar-refractivity contribution in [1.82, 2.24) is 5.32 Å². The minimum Gasteiger partial charge on any atom is -0.492 e. The zero-order valence-corrected chi connectivity index (χ0v) is 19.9. The maximum Gasteiger partial charge on any atom is 0.251 e. The number of carbonyl (C=O) groups excluding carboxylic acids is 2. The molecule has 0 unspecified atom stereocenters. The van der Waals surface area contributed by atoms with Gasteiger partial charge in [-0.1, -0.05) is 31.0 Å². The molecule has 3 aromatic rings. The van der Waals surface area contributed by atoms with Gasteiger partial charge in [-0.25, -0.2) is 0 Å². The fourth-order valence-corrected chi connectivity index (χ4v) is 5.02. The Kier molecular flexibility index (Phi) is 7.50. The molecule has 174 valence electrons. The zero-order chi connectivity index (χ0) is 23.2. The number of carbonyl (C=O) groups is 2. The maximum absolute atomic E-state index is 13.8. The van der Waals surface area contributed by atoms with Crippen molar-refractivity contribution >= 4 is 28.8 Å². The first kappa shape index (κ1) is 23.1. The van der Waals surface area contributed by atoms with Gasteiger partial charge in [-0.05, 0) is 62.4 Å². The molecule has 0 radical (unpaired) electrons. The molecule has 1 fully saturated rings. The molecule has 2 aromatic heterocycles. The number of furan rings is 1. The molecular formula is C26H30N2O4S. The van der Waals surface area contributed by atoms with E-state index < -0.39 is 6.04 Å². The van der Waals surface area contributed by atoms with Crippen LogP contribution < -0.4 is 15.0 Å². The fraction of sp³-hybridized carbons (Fsp3) is 0.385. The molecule has 0 spiro atoms. The summed E-state index contributed by atoms with van der Waals surface area (Å²) in [6.45, 7) is 4.18. The predicted molar refractivity (Wildman–Crippen MR) is 130 cm³/mol. The van der Waals surface area contributed by atoms with E-state index in [2.05, 4.69) is 5.32 Å². The van der Waals surface area contributed by atoms with Crippen LogP contribution in [0.3, 0.4) is 0 Å². The topological polar surface area (TPSA) is 71.8 Å². The monoisotopic (exact) mass is 466 g/mol. The van der Waals surface area contributed by atoms with Crippen molar-refractivity contribution in [2.75, 3.05) is 11.5 Å². The molecule has 1 aliphatic carbocycles. The van der Waals surface area contributed by atoms with Crippen LogP contribution >= 0.6 is 11.3 Å². The number of aryl methyl sites for hydroxylation is 1. The van der Waals surface area contributed by atoms with E-state index in [4.69, 9.17) is 9.15 Å². The summed E-state index contributed by atoms with van der Waals surface area (Å²) in [5.41, 5.74) is 0.557. The van der Waals surface area contributed by atoms with Crippen LogP contribution in [0.1, 0.15) is 55.0 Å². The molecule has 0 saturated heterocycles. The number of nitrogens with one attached hydrogen (secondary N) is 1. The normalized spacial score (nSPS) is 14.7. The second-order valence-electron chi connectivity index (χ2n) is 8.26. The summed E-state index contributed by atoms with van der Waals surface area (Å²) >= 11 is 1.52. The quantitative estimate of drug-likeness (QED) is 0.457. The molecule has 2 amide bonds. The van der Waals surface area contributed by atoms with Crippen molar-refractivity contribution in [1.29, 1.82) is 0 Å². The number of amides is 2. The van der Waals surface area contributed by atoms with Crippen LogP contribution in [-0.4, -0.2) is 24.5 Å². The summed E-state index contributed by atoms with van der Waals surface area (Å²) < 4.78 is 11.8. The van der Waals surface area contributed by atoms with Crippen molar-refractivity contribution < 1.29 is 18.7 Å². The van der Waals surface area contributed by atoms with Crippen molar-refractivity contribution in [3.8, 4) is 5.75 Å². The van der Waals surface area contributed by atoms with Crippen molar-refractivity contribution in [3.05, 3.63) is 70.3 Å². The number of ether oxygens (including phenoxy) is 1. The van der Waals surface area contributed by atoms with Gasteiger partial charge in [0.1, 0.15) is 17.3 Å². The minimum atomic E-state index is -0.937. The van der Waals surface area contributed by atoms with Crippen LogP contribution in [-0.2, 0) is 16.0 Å². The molecule has 6 nitrogen and oxygen atoms in total. The lowest BCUT2D eigenvalue weighted by molar-refractivity contribution is -0.127. The summed E-state index contributed by atoms with van der Waals surface area (Å²) in [7, 11) is 0. The molecular weight excluding hydrogens is 436 g/mol. The number of anilines is 1. The smallest absolute Gasteiger partial charge is 0.251 e. The number of hydrogen-bond donors (Lipinski definition) is 1. The highest BCUT2D eigenvalue weighted by Crippen LogP contribution is 2.36. The minimum absolute atomic E-state index is 0.118. The van der Waals surface area contributed by atoms with Gasteiger partial charge in [0.05, 0.1) is 18.7 Å². The van der Waals surface area contributed by atoms with Gasteiger partial charge in [0.15, 0.2) is 6.04 Å². The Morgan fingerprint density at radius 3 is 2.61 bits per heavy atom. The first-order valence-corrected chi connectivity index (χ1v) is 12.4. The molecule has 2 heterocycles. The summed E-state index contributed by atoms with van der Waals surface area (Å²) in [5, 5.41) is 5.12. The third-order valence-electron chi connectivity index (χ3n) is 5.84. The molecule has 33 heavy (non-hydrogen) atoms. The van der Waals surface area contributed by atoms with Gasteiger partial charge in [-0.15, -0.1) is 11.3 Å². The Hall–Kier alpha value is -3.06. The van der Waals surface area contributed by atoms with Crippen molar-refractivity contribution in [2.24, 2.45) is 0 Å². The highest BCUT2D eigenvalue weighted by molar-refractivity contribution is 7.10. The van der Waals surface area contributed by atoms with Gasteiger partial charge >= 0.3 is 0 Å². The average Bonchev–Trinajstić information content (AvgIpc) is 3.57. The Morgan fingerprint density at radius 1 is 1.15 bits per heavy atom. The van der Waals surface area contributed by atoms with E-state index >= 15 is 0 Å². The largest absolute Gasteiger partial charge is 0.492 e. The highest BCUT2D eigenvalue weighted by atomic mass is 32.1. The Bertz CT molecular complexity index is 1070. The summed E-state index contributed by atoms with van der Waals surface area (Å²) in [5.74, 6) is 1.26. The predicted octanol–water partition coefficient (Wildman–Crippen LogP) is 5.42. The van der Waals surface area contributed by atoms with Gasteiger partial charge in [0.25, 0.3) is 5.91 Å². The van der Waals surface area contributed by atoms with E-state index in [9.17, 15) is 9.59 Å². The van der Waals surface area contributed by atoms with E-state index in [1.807, 2.05) is 61.7 Å². The Morgan fingerprint density at radius 2 is 1.94 bits per heavy atom. The molecule has 1 aromatic carbocycles. The number of hydrogen-bond acceptors (Lipinski definition) is 5.